The van der Waals surface area contributed by atoms with Crippen LogP contribution in [0.4, 0.5) is 0 Å². The molecular weight excluding hydrogens is 288 g/mol. The van der Waals surface area contributed by atoms with E-state index in [1.54, 1.807) is 18.4 Å². The molecule has 0 fully saturated rings. The van der Waals surface area contributed by atoms with Crippen molar-refractivity contribution in [1.29, 1.82) is 0 Å². The van der Waals surface area contributed by atoms with E-state index in [0.717, 1.165) is 25.8 Å². The number of rotatable bonds is 3. The fraction of sp³-hybridized carbons (Fsp3) is 0.182. The lowest BCUT2D eigenvalue weighted by atomic mass is 10.2. The van der Waals surface area contributed by atoms with Crippen LogP contribution in [0.5, 0.6) is 5.75 Å². The maximum absolute atomic E-state index is 5.59. The zero-order valence-electron chi connectivity index (χ0n) is 8.74. The number of nitrogens with zero attached hydrogens (tertiary/aromatic N) is 1. The monoisotopic (exact) mass is 298 g/mol. The number of thiazole rings is 1. The molecule has 0 aliphatic carbocycles. The van der Waals surface area contributed by atoms with Gasteiger partial charge in [0, 0.05) is 12.1 Å². The Morgan fingerprint density at radius 1 is 1.50 bits per heavy atom. The van der Waals surface area contributed by atoms with Gasteiger partial charge in [-0.1, -0.05) is 12.1 Å². The van der Waals surface area contributed by atoms with E-state index in [4.69, 9.17) is 10.5 Å². The maximum atomic E-state index is 5.59. The molecule has 0 aliphatic heterocycles. The first-order valence-electron chi connectivity index (χ1n) is 4.74. The van der Waals surface area contributed by atoms with Crippen LogP contribution in [0.3, 0.4) is 0 Å². The van der Waals surface area contributed by atoms with E-state index >= 15 is 0 Å². The number of hydrogen-bond acceptors (Lipinski definition) is 4. The number of methoxy groups -OCH3 is 1. The molecule has 2 aromatic rings. The molecule has 0 radical (unpaired) electrons. The van der Waals surface area contributed by atoms with Crippen molar-refractivity contribution in [3.05, 3.63) is 33.7 Å². The van der Waals surface area contributed by atoms with Gasteiger partial charge < -0.3 is 10.5 Å². The molecule has 5 heteroatoms. The van der Waals surface area contributed by atoms with Crippen LogP contribution in [-0.2, 0) is 6.54 Å². The first-order chi connectivity index (χ1) is 7.74. The summed E-state index contributed by atoms with van der Waals surface area (Å²) in [7, 11) is 1.65. The van der Waals surface area contributed by atoms with Gasteiger partial charge in [0.25, 0.3) is 0 Å². The second-order valence-electron chi connectivity index (χ2n) is 3.18. The number of halogens is 1. The summed E-state index contributed by atoms with van der Waals surface area (Å²) in [4.78, 5) is 4.47. The van der Waals surface area contributed by atoms with Crippen LogP contribution in [0.25, 0.3) is 10.6 Å². The van der Waals surface area contributed by atoms with E-state index in [0.29, 0.717) is 6.54 Å². The summed E-state index contributed by atoms with van der Waals surface area (Å²) in [6.45, 7) is 0.445. The zero-order chi connectivity index (χ0) is 11.5. The molecule has 0 unspecified atom stereocenters. The van der Waals surface area contributed by atoms with E-state index < -0.39 is 0 Å². The van der Waals surface area contributed by atoms with Gasteiger partial charge in [0.1, 0.15) is 10.8 Å². The van der Waals surface area contributed by atoms with Crippen molar-refractivity contribution in [3.63, 3.8) is 0 Å². The molecule has 0 saturated heterocycles. The second-order valence-corrected chi connectivity index (χ2v) is 5.49. The molecule has 3 nitrogen and oxygen atoms in total. The molecular formula is C11H11BrN2OS. The molecule has 1 aromatic carbocycles. The van der Waals surface area contributed by atoms with Gasteiger partial charge in [-0.2, -0.15) is 0 Å². The normalized spacial score (nSPS) is 10.4. The minimum Gasteiger partial charge on any atom is -0.497 e. The molecule has 2 rings (SSSR count). The number of hydrogen-bond donors (Lipinski definition) is 1. The van der Waals surface area contributed by atoms with Crippen molar-refractivity contribution in [2.75, 3.05) is 7.11 Å². The molecule has 1 heterocycles. The topological polar surface area (TPSA) is 48.1 Å². The van der Waals surface area contributed by atoms with Gasteiger partial charge in [-0.05, 0) is 28.1 Å². The van der Waals surface area contributed by atoms with Crippen molar-refractivity contribution in [1.82, 2.24) is 4.98 Å². The van der Waals surface area contributed by atoms with Crippen LogP contribution in [-0.4, -0.2) is 12.1 Å². The van der Waals surface area contributed by atoms with Gasteiger partial charge in [0.2, 0.25) is 0 Å². The van der Waals surface area contributed by atoms with E-state index in [9.17, 15) is 0 Å². The van der Waals surface area contributed by atoms with E-state index in [1.165, 1.54) is 0 Å². The predicted octanol–water partition coefficient (Wildman–Crippen LogP) is 3.04. The molecule has 0 aliphatic rings. The van der Waals surface area contributed by atoms with Gasteiger partial charge >= 0.3 is 0 Å². The van der Waals surface area contributed by atoms with Gasteiger partial charge in [-0.25, -0.2) is 4.98 Å². The average molecular weight is 299 g/mol. The third kappa shape index (κ3) is 2.26. The first kappa shape index (κ1) is 11.6. The van der Waals surface area contributed by atoms with Crippen molar-refractivity contribution in [2.45, 2.75) is 6.54 Å². The highest BCUT2D eigenvalue weighted by Crippen LogP contribution is 2.33. The Balaban J connectivity index is 2.41. The minimum absolute atomic E-state index is 0.445. The molecule has 0 spiro atoms. The van der Waals surface area contributed by atoms with Crippen molar-refractivity contribution < 1.29 is 4.74 Å². The minimum atomic E-state index is 0.445. The highest BCUT2D eigenvalue weighted by Gasteiger charge is 2.09. The quantitative estimate of drug-likeness (QED) is 0.947. The zero-order valence-corrected chi connectivity index (χ0v) is 11.1. The van der Waals surface area contributed by atoms with Crippen LogP contribution >= 0.6 is 27.3 Å². The van der Waals surface area contributed by atoms with Crippen molar-refractivity contribution in [2.24, 2.45) is 5.73 Å². The van der Waals surface area contributed by atoms with Crippen LogP contribution in [0.15, 0.2) is 28.1 Å². The maximum Gasteiger partial charge on any atom is 0.124 e. The smallest absolute Gasteiger partial charge is 0.124 e. The molecule has 0 saturated carbocycles. The Morgan fingerprint density at radius 3 is 2.94 bits per heavy atom. The highest BCUT2D eigenvalue weighted by molar-refractivity contribution is 9.11. The largest absolute Gasteiger partial charge is 0.497 e. The molecule has 0 atom stereocenters. The predicted molar refractivity (Wildman–Crippen MR) is 69.7 cm³/mol. The standard InChI is InChI=1S/C11H11BrN2OS/c1-15-8-4-2-3-7(5-8)11-14-9(6-13)10(12)16-11/h2-5H,6,13H2,1H3. The summed E-state index contributed by atoms with van der Waals surface area (Å²) in [5.41, 5.74) is 7.53. The summed E-state index contributed by atoms with van der Waals surface area (Å²) in [5, 5.41) is 0.950. The molecule has 1 aromatic heterocycles. The lowest BCUT2D eigenvalue weighted by Gasteiger charge is -2.00. The summed E-state index contributed by atoms with van der Waals surface area (Å²) in [6, 6.07) is 7.83. The van der Waals surface area contributed by atoms with E-state index in [1.807, 2.05) is 24.3 Å². The average Bonchev–Trinajstić information content (AvgIpc) is 2.71. The molecule has 0 amide bonds. The Hall–Kier alpha value is -0.910. The number of benzene rings is 1. The lowest BCUT2D eigenvalue weighted by molar-refractivity contribution is 0.415. The van der Waals surface area contributed by atoms with Gasteiger partial charge in [-0.3, -0.25) is 0 Å². The summed E-state index contributed by atoms with van der Waals surface area (Å²) in [5.74, 6) is 0.832. The Labute approximate surface area is 106 Å². The molecule has 84 valence electrons. The Kier molecular flexibility index (Phi) is 3.58. The fourth-order valence-electron chi connectivity index (χ4n) is 1.34. The molecule has 0 bridgehead atoms. The number of nitrogens with two attached hydrogens (primary N) is 1. The van der Waals surface area contributed by atoms with Gasteiger partial charge in [0.05, 0.1) is 16.6 Å². The SMILES string of the molecule is COc1cccc(-c2nc(CN)c(Br)s2)c1. The summed E-state index contributed by atoms with van der Waals surface area (Å²) >= 11 is 5.04. The third-order valence-electron chi connectivity index (χ3n) is 2.16. The van der Waals surface area contributed by atoms with Crippen molar-refractivity contribution in [3.8, 4) is 16.3 Å². The van der Waals surface area contributed by atoms with E-state index in [-0.39, 0.29) is 0 Å². The Morgan fingerprint density at radius 2 is 2.31 bits per heavy atom. The van der Waals surface area contributed by atoms with E-state index in [2.05, 4.69) is 20.9 Å². The number of aromatic nitrogens is 1. The summed E-state index contributed by atoms with van der Waals surface area (Å²) in [6.07, 6.45) is 0. The second kappa shape index (κ2) is 4.95. The highest BCUT2D eigenvalue weighted by atomic mass is 79.9. The fourth-order valence-corrected chi connectivity index (χ4v) is 2.87. The summed E-state index contributed by atoms with van der Waals surface area (Å²) < 4.78 is 6.17. The first-order valence-corrected chi connectivity index (χ1v) is 6.35. The Bertz CT molecular complexity index is 498. The molecule has 2 N–H and O–H groups in total. The number of ether oxygens (including phenoxy) is 1. The van der Waals surface area contributed by atoms with Crippen LogP contribution < -0.4 is 10.5 Å². The third-order valence-corrected chi connectivity index (χ3v) is 4.04. The van der Waals surface area contributed by atoms with Crippen LogP contribution in [0.2, 0.25) is 0 Å². The van der Waals surface area contributed by atoms with Crippen molar-refractivity contribution >= 4 is 27.3 Å². The van der Waals surface area contributed by atoms with Gasteiger partial charge in [-0.15, -0.1) is 11.3 Å². The lowest BCUT2D eigenvalue weighted by Crippen LogP contribution is -1.96. The van der Waals surface area contributed by atoms with Gasteiger partial charge in [0.15, 0.2) is 0 Å². The van der Waals surface area contributed by atoms with Crippen LogP contribution in [0, 0.1) is 0 Å². The van der Waals surface area contributed by atoms with Crippen LogP contribution in [0.1, 0.15) is 5.69 Å². The molecule has 16 heavy (non-hydrogen) atoms.